The molecule has 0 aliphatic carbocycles. The monoisotopic (exact) mass is 285 g/mol. The molecule has 2 aromatic rings. The molecule has 0 spiro atoms. The van der Waals surface area contributed by atoms with E-state index in [0.717, 1.165) is 16.5 Å². The van der Waals surface area contributed by atoms with Crippen molar-refractivity contribution in [2.75, 3.05) is 13.2 Å². The molecule has 0 saturated heterocycles. The summed E-state index contributed by atoms with van der Waals surface area (Å²) in [6.07, 6.45) is 0. The van der Waals surface area contributed by atoms with Crippen LogP contribution in [-0.4, -0.2) is 25.2 Å². The Kier molecular flexibility index (Phi) is 7.16. The fourth-order valence-electron chi connectivity index (χ4n) is 2.11. The summed E-state index contributed by atoms with van der Waals surface area (Å²) >= 11 is 0. The normalized spacial score (nSPS) is 10.0. The van der Waals surface area contributed by atoms with Gasteiger partial charge in [-0.25, -0.2) is 0 Å². The van der Waals surface area contributed by atoms with Gasteiger partial charge in [0.1, 0.15) is 0 Å². The van der Waals surface area contributed by atoms with Crippen molar-refractivity contribution in [2.45, 2.75) is 21.0 Å². The van der Waals surface area contributed by atoms with Gasteiger partial charge in [0, 0.05) is 13.2 Å². The van der Waals surface area contributed by atoms with E-state index in [1.54, 1.807) is 0 Å². The molecule has 4 heteroatoms. The standard InChI is InChI=1S/C16H20BNO2.CH4/c1-13-2-6-15(7-3-13)17(20-11-10-18)16-8-4-14(12-19)5-9-16;/h2-9,19H,10-12,18H2,1H3;1H4. The summed E-state index contributed by atoms with van der Waals surface area (Å²) in [5.41, 5.74) is 9.85. The largest absolute Gasteiger partial charge is 0.426 e. The van der Waals surface area contributed by atoms with E-state index in [1.165, 1.54) is 5.56 Å². The second-order valence-electron chi connectivity index (χ2n) is 4.85. The van der Waals surface area contributed by atoms with Gasteiger partial charge in [0.25, 0.3) is 0 Å². The van der Waals surface area contributed by atoms with Gasteiger partial charge in [0.2, 0.25) is 0 Å². The zero-order chi connectivity index (χ0) is 14.4. The van der Waals surface area contributed by atoms with Gasteiger partial charge in [0.15, 0.2) is 0 Å². The van der Waals surface area contributed by atoms with Crippen LogP contribution >= 0.6 is 0 Å². The van der Waals surface area contributed by atoms with E-state index in [1.807, 2.05) is 24.3 Å². The predicted molar refractivity (Wildman–Crippen MR) is 90.3 cm³/mol. The van der Waals surface area contributed by atoms with Gasteiger partial charge >= 0.3 is 6.92 Å². The predicted octanol–water partition coefficient (Wildman–Crippen LogP) is 1.20. The Labute approximate surface area is 127 Å². The van der Waals surface area contributed by atoms with Crippen molar-refractivity contribution >= 4 is 17.8 Å². The first-order valence-electron chi connectivity index (χ1n) is 6.82. The van der Waals surface area contributed by atoms with Crippen LogP contribution in [0.2, 0.25) is 0 Å². The van der Waals surface area contributed by atoms with Gasteiger partial charge < -0.3 is 15.5 Å². The first kappa shape index (κ1) is 17.4. The van der Waals surface area contributed by atoms with E-state index in [-0.39, 0.29) is 20.9 Å². The van der Waals surface area contributed by atoms with E-state index in [2.05, 4.69) is 31.2 Å². The molecule has 3 nitrogen and oxygen atoms in total. The lowest BCUT2D eigenvalue weighted by molar-refractivity contribution is 0.282. The molecule has 2 rings (SSSR count). The Morgan fingerprint density at radius 2 is 1.52 bits per heavy atom. The van der Waals surface area contributed by atoms with Crippen LogP contribution < -0.4 is 16.7 Å². The Bertz CT molecular complexity index is 525. The molecule has 112 valence electrons. The van der Waals surface area contributed by atoms with Gasteiger partial charge in [-0.15, -0.1) is 0 Å². The van der Waals surface area contributed by atoms with Crippen molar-refractivity contribution in [1.29, 1.82) is 0 Å². The van der Waals surface area contributed by atoms with Crippen molar-refractivity contribution in [3.05, 3.63) is 59.7 Å². The number of aryl methyl sites for hydroxylation is 1. The van der Waals surface area contributed by atoms with Crippen LogP contribution in [0.25, 0.3) is 0 Å². The van der Waals surface area contributed by atoms with E-state index < -0.39 is 0 Å². The summed E-state index contributed by atoms with van der Waals surface area (Å²) in [7, 11) is 0. The van der Waals surface area contributed by atoms with Crippen LogP contribution in [0.15, 0.2) is 48.5 Å². The summed E-state index contributed by atoms with van der Waals surface area (Å²) in [5, 5.41) is 9.11. The lowest BCUT2D eigenvalue weighted by atomic mass is 9.55. The highest BCUT2D eigenvalue weighted by atomic mass is 16.4. The first-order chi connectivity index (χ1) is 9.74. The summed E-state index contributed by atoms with van der Waals surface area (Å²) < 4.78 is 5.89. The summed E-state index contributed by atoms with van der Waals surface area (Å²) in [6, 6.07) is 16.1. The molecule has 0 saturated carbocycles. The molecule has 2 aromatic carbocycles. The molecule has 21 heavy (non-hydrogen) atoms. The van der Waals surface area contributed by atoms with Gasteiger partial charge in [-0.05, 0) is 23.4 Å². The summed E-state index contributed by atoms with van der Waals surface area (Å²) in [4.78, 5) is 0. The van der Waals surface area contributed by atoms with Crippen molar-refractivity contribution in [1.82, 2.24) is 0 Å². The van der Waals surface area contributed by atoms with Gasteiger partial charge in [-0.3, -0.25) is 0 Å². The van der Waals surface area contributed by atoms with Crippen LogP contribution in [0, 0.1) is 6.92 Å². The number of hydrogen-bond acceptors (Lipinski definition) is 3. The van der Waals surface area contributed by atoms with Crippen LogP contribution in [0.3, 0.4) is 0 Å². The third-order valence-electron chi connectivity index (χ3n) is 3.25. The van der Waals surface area contributed by atoms with E-state index in [4.69, 9.17) is 15.5 Å². The molecule has 0 aromatic heterocycles. The summed E-state index contributed by atoms with van der Waals surface area (Å²) in [6.45, 7) is 3.01. The van der Waals surface area contributed by atoms with Gasteiger partial charge in [-0.1, -0.05) is 61.5 Å². The summed E-state index contributed by atoms with van der Waals surface area (Å²) in [5.74, 6) is 0. The van der Waals surface area contributed by atoms with Crippen molar-refractivity contribution in [2.24, 2.45) is 5.73 Å². The smallest absolute Gasteiger partial charge is 0.361 e. The van der Waals surface area contributed by atoms with Gasteiger partial charge in [-0.2, -0.15) is 0 Å². The molecule has 0 aliphatic heterocycles. The fourth-order valence-corrected chi connectivity index (χ4v) is 2.11. The highest BCUT2D eigenvalue weighted by molar-refractivity contribution is 6.80. The molecule has 0 atom stereocenters. The topological polar surface area (TPSA) is 55.5 Å². The zero-order valence-corrected chi connectivity index (χ0v) is 11.8. The first-order valence-corrected chi connectivity index (χ1v) is 6.82. The average molecular weight is 285 g/mol. The molecule has 0 aliphatic rings. The molecule has 0 unspecified atom stereocenters. The third kappa shape index (κ3) is 4.71. The maximum Gasteiger partial charge on any atom is 0.361 e. The molecule has 0 radical (unpaired) electrons. The second-order valence-corrected chi connectivity index (χ2v) is 4.85. The van der Waals surface area contributed by atoms with Crippen LogP contribution in [0.1, 0.15) is 18.6 Å². The minimum Gasteiger partial charge on any atom is -0.426 e. The molecule has 0 heterocycles. The van der Waals surface area contributed by atoms with E-state index in [0.29, 0.717) is 13.2 Å². The average Bonchev–Trinajstić information content (AvgIpc) is 2.50. The number of benzene rings is 2. The molecule has 0 bridgehead atoms. The number of nitrogens with two attached hydrogens (primary N) is 1. The lowest BCUT2D eigenvalue weighted by Crippen LogP contribution is -2.45. The Hall–Kier alpha value is -1.62. The number of hydrogen-bond donors (Lipinski definition) is 2. The fraction of sp³-hybridized carbons (Fsp3) is 0.294. The van der Waals surface area contributed by atoms with E-state index in [9.17, 15) is 0 Å². The highest BCUT2D eigenvalue weighted by Gasteiger charge is 2.20. The lowest BCUT2D eigenvalue weighted by Gasteiger charge is -2.15. The van der Waals surface area contributed by atoms with E-state index >= 15 is 0 Å². The number of rotatable bonds is 6. The van der Waals surface area contributed by atoms with Crippen LogP contribution in [0.5, 0.6) is 0 Å². The zero-order valence-electron chi connectivity index (χ0n) is 11.8. The molecule has 0 fully saturated rings. The van der Waals surface area contributed by atoms with Crippen molar-refractivity contribution in [3.63, 3.8) is 0 Å². The second kappa shape index (κ2) is 8.62. The Balaban J connectivity index is 0.00000220. The minimum atomic E-state index is -0.119. The number of aliphatic hydroxyl groups excluding tert-OH is 1. The van der Waals surface area contributed by atoms with Crippen LogP contribution in [-0.2, 0) is 11.3 Å². The van der Waals surface area contributed by atoms with Gasteiger partial charge in [0.05, 0.1) is 6.61 Å². The Morgan fingerprint density at radius 1 is 1.00 bits per heavy atom. The quantitative estimate of drug-likeness (QED) is 0.784. The molecule has 0 amide bonds. The maximum atomic E-state index is 9.11. The third-order valence-corrected chi connectivity index (χ3v) is 3.25. The number of aliphatic hydroxyl groups is 1. The maximum absolute atomic E-state index is 9.11. The highest BCUT2D eigenvalue weighted by Crippen LogP contribution is 2.01. The van der Waals surface area contributed by atoms with Crippen molar-refractivity contribution in [3.8, 4) is 0 Å². The Morgan fingerprint density at radius 3 is 2.00 bits per heavy atom. The SMILES string of the molecule is C.Cc1ccc(B(OCCN)c2ccc(CO)cc2)cc1. The molecular weight excluding hydrogens is 261 g/mol. The van der Waals surface area contributed by atoms with Crippen LogP contribution in [0.4, 0.5) is 0 Å². The molecule has 3 N–H and O–H groups in total. The minimum absolute atomic E-state index is 0. The molecular formula is C17H24BNO2. The van der Waals surface area contributed by atoms with Crippen molar-refractivity contribution < 1.29 is 9.76 Å².